The van der Waals surface area contributed by atoms with E-state index in [1.54, 1.807) is 0 Å². The fourth-order valence-electron chi connectivity index (χ4n) is 3.59. The smallest absolute Gasteiger partial charge is 0.394 e. The highest BCUT2D eigenvalue weighted by atomic mass is 35.5. The quantitative estimate of drug-likeness (QED) is 0.156. The van der Waals surface area contributed by atoms with Gasteiger partial charge in [-0.3, -0.25) is 0 Å². The predicted molar refractivity (Wildman–Crippen MR) is 97.8 cm³/mol. The Morgan fingerprint density at radius 1 is 1.08 bits per heavy atom. The van der Waals surface area contributed by atoms with Gasteiger partial charge in [0.1, 0.15) is 0 Å². The summed E-state index contributed by atoms with van der Waals surface area (Å²) in [5, 5.41) is 0. The van der Waals surface area contributed by atoms with Gasteiger partial charge < -0.3 is 27.8 Å². The molecule has 4 atom stereocenters. The Morgan fingerprint density at radius 3 is 2.40 bits per heavy atom. The number of hydrogen-bond donors (Lipinski definition) is 0. The molecule has 6 nitrogen and oxygen atoms in total. The molecular formula is C17H33ClO6Si. The van der Waals surface area contributed by atoms with E-state index in [-0.39, 0.29) is 0 Å². The molecule has 0 aromatic carbocycles. The van der Waals surface area contributed by atoms with Gasteiger partial charge in [0.05, 0.1) is 12.2 Å². The summed E-state index contributed by atoms with van der Waals surface area (Å²) in [6, 6.07) is 0.759. The molecule has 148 valence electrons. The molecule has 0 amide bonds. The van der Waals surface area contributed by atoms with Gasteiger partial charge >= 0.3 is 14.7 Å². The second-order valence-electron chi connectivity index (χ2n) is 7.02. The lowest BCUT2D eigenvalue weighted by atomic mass is 9.86. The predicted octanol–water partition coefficient (Wildman–Crippen LogP) is 3.62. The highest BCUT2D eigenvalue weighted by Crippen LogP contribution is 2.41. The van der Waals surface area contributed by atoms with Gasteiger partial charge in [0.15, 0.2) is 0 Å². The first-order valence-electron chi connectivity index (χ1n) is 9.20. The lowest BCUT2D eigenvalue weighted by Crippen LogP contribution is -2.52. The highest BCUT2D eigenvalue weighted by Gasteiger charge is 2.45. The lowest BCUT2D eigenvalue weighted by molar-refractivity contribution is -0.456. The van der Waals surface area contributed by atoms with Crippen LogP contribution >= 0.6 is 11.6 Å². The van der Waals surface area contributed by atoms with E-state index in [4.69, 9.17) is 39.4 Å². The third-order valence-corrected chi connectivity index (χ3v) is 8.16. The van der Waals surface area contributed by atoms with E-state index in [1.165, 1.54) is 47.0 Å². The molecule has 0 aromatic rings. The third-order valence-electron chi connectivity index (χ3n) is 5.13. The Kier molecular flexibility index (Phi) is 8.62. The monoisotopic (exact) mass is 396 g/mol. The second-order valence-corrected chi connectivity index (χ2v) is 10.7. The Morgan fingerprint density at radius 2 is 1.80 bits per heavy atom. The van der Waals surface area contributed by atoms with Gasteiger partial charge in [0.25, 0.3) is 0 Å². The molecule has 25 heavy (non-hydrogen) atoms. The number of halogens is 1. The van der Waals surface area contributed by atoms with Gasteiger partial charge in [0, 0.05) is 33.8 Å². The van der Waals surface area contributed by atoms with Gasteiger partial charge in [-0.2, -0.15) is 0 Å². The van der Waals surface area contributed by atoms with Crippen molar-refractivity contribution in [2.45, 2.75) is 69.5 Å². The van der Waals surface area contributed by atoms with Gasteiger partial charge in [0.2, 0.25) is 0 Å². The van der Waals surface area contributed by atoms with E-state index in [0.717, 1.165) is 24.8 Å². The molecule has 2 rings (SSSR count). The fraction of sp³-hybridized carbons (Fsp3) is 1.00. The minimum Gasteiger partial charge on any atom is -0.394 e. The van der Waals surface area contributed by atoms with Crippen molar-refractivity contribution in [3.63, 3.8) is 0 Å². The van der Waals surface area contributed by atoms with Crippen LogP contribution in [0.2, 0.25) is 12.6 Å². The zero-order valence-corrected chi connectivity index (χ0v) is 17.7. The van der Waals surface area contributed by atoms with Gasteiger partial charge in [-0.25, -0.2) is 0 Å². The average molecular weight is 397 g/mol. The van der Waals surface area contributed by atoms with Crippen LogP contribution in [-0.4, -0.2) is 60.7 Å². The van der Waals surface area contributed by atoms with Crippen LogP contribution in [0.1, 0.15) is 38.5 Å². The SMILES string of the molecule is COC(OC)(OC)O[Si](C)(CCCCl)OCCCC1CCC2OC2C1. The summed E-state index contributed by atoms with van der Waals surface area (Å²) in [5.74, 6) is 1.33. The normalized spacial score (nSPS) is 28.4. The molecule has 0 N–H and O–H groups in total. The molecular weight excluding hydrogens is 364 g/mol. The molecule has 2 fully saturated rings. The largest absolute Gasteiger partial charge is 0.403 e. The van der Waals surface area contributed by atoms with Crippen LogP contribution < -0.4 is 0 Å². The molecule has 0 spiro atoms. The Balaban J connectivity index is 1.78. The second kappa shape index (κ2) is 9.99. The Labute approximate surface area is 157 Å². The van der Waals surface area contributed by atoms with E-state index in [1.807, 2.05) is 6.55 Å². The summed E-state index contributed by atoms with van der Waals surface area (Å²) < 4.78 is 33.7. The zero-order chi connectivity index (χ0) is 18.3. The minimum atomic E-state index is -2.54. The molecule has 4 unspecified atom stereocenters. The maximum Gasteiger partial charge on any atom is 0.403 e. The van der Waals surface area contributed by atoms with E-state index < -0.39 is 14.7 Å². The Bertz CT molecular complexity index is 389. The molecule has 0 aromatic heterocycles. The van der Waals surface area contributed by atoms with E-state index in [2.05, 4.69) is 0 Å². The molecule has 1 saturated heterocycles. The van der Waals surface area contributed by atoms with Crippen molar-refractivity contribution < 1.29 is 27.8 Å². The summed E-state index contributed by atoms with van der Waals surface area (Å²) in [7, 11) is 1.91. The van der Waals surface area contributed by atoms with E-state index in [9.17, 15) is 0 Å². The van der Waals surface area contributed by atoms with Crippen molar-refractivity contribution in [1.29, 1.82) is 0 Å². The van der Waals surface area contributed by atoms with Crippen molar-refractivity contribution in [1.82, 2.24) is 0 Å². The summed E-state index contributed by atoms with van der Waals surface area (Å²) >= 11 is 5.87. The van der Waals surface area contributed by atoms with Gasteiger partial charge in [-0.05, 0) is 57.0 Å². The number of rotatable bonds is 13. The maximum absolute atomic E-state index is 6.21. The zero-order valence-electron chi connectivity index (χ0n) is 15.9. The summed E-state index contributed by atoms with van der Waals surface area (Å²) in [6.07, 6.45) is 6.32. The van der Waals surface area contributed by atoms with Crippen LogP contribution in [0.5, 0.6) is 0 Å². The molecule has 1 aliphatic carbocycles. The van der Waals surface area contributed by atoms with Crippen molar-refractivity contribution in [2.75, 3.05) is 33.8 Å². The van der Waals surface area contributed by atoms with Gasteiger partial charge in [-0.15, -0.1) is 11.6 Å². The fourth-order valence-corrected chi connectivity index (χ4v) is 6.43. The topological polar surface area (TPSA) is 58.7 Å². The molecule has 1 aliphatic heterocycles. The first-order chi connectivity index (χ1) is 12.0. The first kappa shape index (κ1) is 21.6. The summed E-state index contributed by atoms with van der Waals surface area (Å²) in [4.78, 5) is 0. The molecule has 0 bridgehead atoms. The van der Waals surface area contributed by atoms with Crippen molar-refractivity contribution in [2.24, 2.45) is 5.92 Å². The van der Waals surface area contributed by atoms with Crippen LogP contribution in [0, 0.1) is 5.92 Å². The summed E-state index contributed by atoms with van der Waals surface area (Å²) in [5.41, 5.74) is 0. The van der Waals surface area contributed by atoms with Crippen LogP contribution in [0.4, 0.5) is 0 Å². The van der Waals surface area contributed by atoms with Crippen LogP contribution in [0.15, 0.2) is 0 Å². The van der Waals surface area contributed by atoms with Crippen molar-refractivity contribution >= 4 is 20.2 Å². The van der Waals surface area contributed by atoms with E-state index >= 15 is 0 Å². The number of methoxy groups -OCH3 is 3. The number of hydrogen-bond acceptors (Lipinski definition) is 6. The van der Waals surface area contributed by atoms with Crippen molar-refractivity contribution in [3.05, 3.63) is 0 Å². The van der Waals surface area contributed by atoms with Crippen LogP contribution in [0.25, 0.3) is 0 Å². The number of fused-ring (bicyclic) bond motifs is 1. The Hall–Kier alpha value is 0.267. The summed E-state index contributed by atoms with van der Waals surface area (Å²) in [6.45, 7) is 2.68. The minimum absolute atomic E-state index is 0.539. The van der Waals surface area contributed by atoms with E-state index in [0.29, 0.717) is 24.7 Å². The highest BCUT2D eigenvalue weighted by molar-refractivity contribution is 6.66. The standard InChI is InChI=1S/C17H33ClO6Si/c1-19-17(20-2,21-3)24-25(4,12-6-10-18)22-11-5-7-14-8-9-15-16(13-14)23-15/h14-16H,5-13H2,1-4H3. The average Bonchev–Trinajstić information content (AvgIpc) is 3.41. The molecule has 2 aliphatic rings. The number of ether oxygens (including phenoxy) is 4. The first-order valence-corrected chi connectivity index (χ1v) is 12.3. The number of alkyl halides is 1. The molecule has 1 saturated carbocycles. The molecule has 8 heteroatoms. The van der Waals surface area contributed by atoms with Crippen molar-refractivity contribution in [3.8, 4) is 0 Å². The van der Waals surface area contributed by atoms with Gasteiger partial charge in [-0.1, -0.05) is 0 Å². The molecule has 1 heterocycles. The van der Waals surface area contributed by atoms with Crippen LogP contribution in [-0.2, 0) is 27.8 Å². The molecule has 0 radical (unpaired) electrons. The third kappa shape index (κ3) is 6.43. The lowest BCUT2D eigenvalue weighted by Gasteiger charge is -2.36. The number of epoxide rings is 1. The maximum atomic E-state index is 6.21. The van der Waals surface area contributed by atoms with Crippen LogP contribution in [0.3, 0.4) is 0 Å².